The summed E-state index contributed by atoms with van der Waals surface area (Å²) in [7, 11) is 1.86. The smallest absolute Gasteiger partial charge is 0.222 e. The molecule has 0 aliphatic carbocycles. The number of thiol groups is 1. The molecule has 11 heavy (non-hydrogen) atoms. The maximum absolute atomic E-state index is 11.2. The second-order valence-electron chi connectivity index (χ2n) is 3.31. The quantitative estimate of drug-likeness (QED) is 0.590. The Balaban J connectivity index is 2.46. The van der Waals surface area contributed by atoms with Crippen LogP contribution in [0.25, 0.3) is 0 Å². The first-order valence-electron chi connectivity index (χ1n) is 4.03. The van der Waals surface area contributed by atoms with Crippen LogP contribution in [0.2, 0.25) is 0 Å². The number of carbonyl (C=O) groups excluding carboxylic acids is 1. The Labute approximate surface area is 73.4 Å². The summed E-state index contributed by atoms with van der Waals surface area (Å²) in [5, 5.41) is 0.354. The Morgan fingerprint density at radius 1 is 1.73 bits per heavy atom. The van der Waals surface area contributed by atoms with Crippen molar-refractivity contribution in [2.45, 2.75) is 25.0 Å². The van der Waals surface area contributed by atoms with Gasteiger partial charge in [-0.25, -0.2) is 0 Å². The minimum Gasteiger partial charge on any atom is -0.346 e. The average molecular weight is 173 g/mol. The van der Waals surface area contributed by atoms with Crippen LogP contribution in [-0.4, -0.2) is 29.6 Å². The lowest BCUT2D eigenvalue weighted by Crippen LogP contribution is -2.37. The van der Waals surface area contributed by atoms with E-state index < -0.39 is 0 Å². The van der Waals surface area contributed by atoms with Crippen LogP contribution in [-0.2, 0) is 4.79 Å². The molecule has 1 rings (SSSR count). The highest BCUT2D eigenvalue weighted by molar-refractivity contribution is 7.80. The van der Waals surface area contributed by atoms with Crippen molar-refractivity contribution in [3.8, 4) is 0 Å². The van der Waals surface area contributed by atoms with Crippen LogP contribution < -0.4 is 0 Å². The Kier molecular flexibility index (Phi) is 2.82. The lowest BCUT2D eigenvalue weighted by molar-refractivity contribution is -0.133. The molecule has 1 aliphatic heterocycles. The van der Waals surface area contributed by atoms with Crippen molar-refractivity contribution in [2.24, 2.45) is 5.92 Å². The standard InChI is InChI=1S/C8H15NOS/c1-6(11)7-3-4-9(2)8(10)5-7/h6-7,11H,3-5H2,1-2H3. The van der Waals surface area contributed by atoms with Gasteiger partial charge in [-0.05, 0) is 12.3 Å². The van der Waals surface area contributed by atoms with Crippen molar-refractivity contribution in [1.82, 2.24) is 4.90 Å². The Bertz CT molecular complexity index is 158. The molecule has 2 nitrogen and oxygen atoms in total. The fraction of sp³-hybridized carbons (Fsp3) is 0.875. The van der Waals surface area contributed by atoms with Gasteiger partial charge in [0.25, 0.3) is 0 Å². The number of likely N-dealkylation sites (tertiary alicyclic amines) is 1. The van der Waals surface area contributed by atoms with Crippen molar-refractivity contribution in [1.29, 1.82) is 0 Å². The Morgan fingerprint density at radius 3 is 2.82 bits per heavy atom. The number of hydrogen-bond acceptors (Lipinski definition) is 2. The van der Waals surface area contributed by atoms with E-state index in [0.29, 0.717) is 17.6 Å². The monoisotopic (exact) mass is 173 g/mol. The normalized spacial score (nSPS) is 28.8. The minimum absolute atomic E-state index is 0.266. The van der Waals surface area contributed by atoms with E-state index in [0.717, 1.165) is 13.0 Å². The summed E-state index contributed by atoms with van der Waals surface area (Å²) in [5.74, 6) is 0.754. The predicted molar refractivity (Wildman–Crippen MR) is 48.8 cm³/mol. The van der Waals surface area contributed by atoms with Crippen molar-refractivity contribution in [3.63, 3.8) is 0 Å². The zero-order valence-corrected chi connectivity index (χ0v) is 7.97. The number of nitrogens with zero attached hydrogens (tertiary/aromatic N) is 1. The Hall–Kier alpha value is -0.180. The van der Waals surface area contributed by atoms with Gasteiger partial charge in [0.15, 0.2) is 0 Å². The van der Waals surface area contributed by atoms with Crippen LogP contribution in [0.1, 0.15) is 19.8 Å². The summed E-state index contributed by atoms with van der Waals surface area (Å²) < 4.78 is 0. The maximum Gasteiger partial charge on any atom is 0.222 e. The first kappa shape index (κ1) is 8.91. The van der Waals surface area contributed by atoms with E-state index in [1.54, 1.807) is 4.90 Å². The third-order valence-corrected chi connectivity index (χ3v) is 2.80. The van der Waals surface area contributed by atoms with E-state index in [1.807, 2.05) is 7.05 Å². The van der Waals surface area contributed by atoms with Gasteiger partial charge in [0.05, 0.1) is 0 Å². The summed E-state index contributed by atoms with van der Waals surface area (Å²) in [6.07, 6.45) is 1.79. The van der Waals surface area contributed by atoms with Gasteiger partial charge < -0.3 is 4.90 Å². The second kappa shape index (κ2) is 3.48. The SMILES string of the molecule is CC(S)C1CCN(C)C(=O)C1. The van der Waals surface area contributed by atoms with E-state index in [-0.39, 0.29) is 5.91 Å². The van der Waals surface area contributed by atoms with Gasteiger partial charge in [0.1, 0.15) is 0 Å². The van der Waals surface area contributed by atoms with Crippen molar-refractivity contribution in [3.05, 3.63) is 0 Å². The first-order valence-corrected chi connectivity index (χ1v) is 4.55. The molecule has 0 spiro atoms. The highest BCUT2D eigenvalue weighted by Gasteiger charge is 2.25. The molecule has 3 heteroatoms. The number of hydrogen-bond donors (Lipinski definition) is 1. The van der Waals surface area contributed by atoms with E-state index in [9.17, 15) is 4.79 Å². The van der Waals surface area contributed by atoms with Crippen molar-refractivity contribution in [2.75, 3.05) is 13.6 Å². The molecule has 0 N–H and O–H groups in total. The van der Waals surface area contributed by atoms with E-state index in [2.05, 4.69) is 19.6 Å². The molecule has 0 aromatic rings. The van der Waals surface area contributed by atoms with Gasteiger partial charge in [0.2, 0.25) is 5.91 Å². The summed E-state index contributed by atoms with van der Waals surface area (Å²) in [4.78, 5) is 13.0. The fourth-order valence-electron chi connectivity index (χ4n) is 1.38. The largest absolute Gasteiger partial charge is 0.346 e. The molecule has 64 valence electrons. The molecule has 1 fully saturated rings. The van der Waals surface area contributed by atoms with Gasteiger partial charge in [-0.2, -0.15) is 12.6 Å². The van der Waals surface area contributed by atoms with Gasteiger partial charge in [-0.3, -0.25) is 4.79 Å². The van der Waals surface area contributed by atoms with Crippen LogP contribution >= 0.6 is 12.6 Å². The second-order valence-corrected chi connectivity index (χ2v) is 4.12. The molecule has 0 aromatic carbocycles. The molecule has 1 amide bonds. The average Bonchev–Trinajstić information content (AvgIpc) is 1.94. The maximum atomic E-state index is 11.2. The van der Waals surface area contributed by atoms with Gasteiger partial charge in [0, 0.05) is 25.3 Å². The highest BCUT2D eigenvalue weighted by Crippen LogP contribution is 2.23. The molecule has 0 aromatic heterocycles. The molecule has 1 heterocycles. The van der Waals surface area contributed by atoms with Gasteiger partial charge in [-0.15, -0.1) is 0 Å². The molecular weight excluding hydrogens is 158 g/mol. The van der Waals surface area contributed by atoms with E-state index in [4.69, 9.17) is 0 Å². The van der Waals surface area contributed by atoms with E-state index >= 15 is 0 Å². The molecule has 0 bridgehead atoms. The topological polar surface area (TPSA) is 20.3 Å². The third kappa shape index (κ3) is 2.12. The first-order chi connectivity index (χ1) is 5.11. The highest BCUT2D eigenvalue weighted by atomic mass is 32.1. The summed E-state index contributed by atoms with van der Waals surface area (Å²) in [6.45, 7) is 2.96. The van der Waals surface area contributed by atoms with Crippen LogP contribution in [0.15, 0.2) is 0 Å². The number of piperidine rings is 1. The lowest BCUT2D eigenvalue weighted by atomic mass is 9.94. The van der Waals surface area contributed by atoms with Crippen LogP contribution in [0.3, 0.4) is 0 Å². The molecule has 2 atom stereocenters. The Morgan fingerprint density at radius 2 is 2.36 bits per heavy atom. The van der Waals surface area contributed by atoms with Crippen LogP contribution in [0.5, 0.6) is 0 Å². The molecule has 1 aliphatic rings. The number of rotatable bonds is 1. The van der Waals surface area contributed by atoms with E-state index in [1.165, 1.54) is 0 Å². The molecule has 2 unspecified atom stereocenters. The number of amides is 1. The fourth-order valence-corrected chi connectivity index (χ4v) is 1.63. The van der Waals surface area contributed by atoms with Crippen molar-refractivity contribution < 1.29 is 4.79 Å². The summed E-state index contributed by atoms with van der Waals surface area (Å²) in [6, 6.07) is 0. The van der Waals surface area contributed by atoms with Crippen LogP contribution in [0, 0.1) is 5.92 Å². The molecule has 0 radical (unpaired) electrons. The minimum atomic E-state index is 0.266. The zero-order valence-electron chi connectivity index (χ0n) is 7.08. The van der Waals surface area contributed by atoms with Crippen molar-refractivity contribution >= 4 is 18.5 Å². The van der Waals surface area contributed by atoms with Gasteiger partial charge in [-0.1, -0.05) is 6.92 Å². The summed E-state index contributed by atoms with van der Waals surface area (Å²) in [5.41, 5.74) is 0. The molecular formula is C8H15NOS. The van der Waals surface area contributed by atoms with Gasteiger partial charge >= 0.3 is 0 Å². The molecule has 1 saturated heterocycles. The third-order valence-electron chi connectivity index (χ3n) is 2.38. The summed E-state index contributed by atoms with van der Waals surface area (Å²) >= 11 is 4.34. The molecule has 0 saturated carbocycles. The van der Waals surface area contributed by atoms with Crippen LogP contribution in [0.4, 0.5) is 0 Å². The number of carbonyl (C=O) groups is 1. The zero-order chi connectivity index (χ0) is 8.43. The lowest BCUT2D eigenvalue weighted by Gasteiger charge is -2.30. The predicted octanol–water partition coefficient (Wildman–Crippen LogP) is 1.17.